The minimum absolute atomic E-state index is 0.00898. The number of carbonyl (C=O) groups excluding carboxylic acids is 2. The van der Waals surface area contributed by atoms with Gasteiger partial charge in [0.1, 0.15) is 17.6 Å². The van der Waals surface area contributed by atoms with Crippen LogP contribution in [-0.4, -0.2) is 55.0 Å². The third kappa shape index (κ3) is 6.81. The highest BCUT2D eigenvalue weighted by Gasteiger charge is 2.32. The van der Waals surface area contributed by atoms with Crippen LogP contribution < -0.4 is 25.4 Å². The molecule has 5 rings (SSSR count). The van der Waals surface area contributed by atoms with Crippen molar-refractivity contribution in [2.75, 3.05) is 31.5 Å². The lowest BCUT2D eigenvalue weighted by Gasteiger charge is -2.28. The summed E-state index contributed by atoms with van der Waals surface area (Å²) < 4.78 is 12.4. The zero-order valence-electron chi connectivity index (χ0n) is 23.2. The van der Waals surface area contributed by atoms with Gasteiger partial charge in [0.05, 0.1) is 17.8 Å². The van der Waals surface area contributed by atoms with Crippen molar-refractivity contribution < 1.29 is 19.1 Å². The van der Waals surface area contributed by atoms with E-state index >= 15 is 0 Å². The quantitative estimate of drug-likeness (QED) is 0.359. The smallest absolute Gasteiger partial charge is 0.258 e. The third-order valence-corrected chi connectivity index (χ3v) is 7.39. The standard InChI is InChI=1S/C32H38N4O4/c1-22(2)36-21-27(20-34-19-23-11-13-26(14-12-23)39-25-7-4-3-5-8-25)40-30-28(32(36)38)9-6-10-29(30)35-31(37)24-15-17-33-18-16-24/h3-14,22,24,27,33-34H,15-21H2,1-2H3,(H,35,37)/t27-/m1/s1. The number of hydrogen-bond donors (Lipinski definition) is 3. The molecular formula is C32H38N4O4. The van der Waals surface area contributed by atoms with Crippen molar-refractivity contribution in [3.05, 3.63) is 83.9 Å². The van der Waals surface area contributed by atoms with Gasteiger partial charge in [-0.05, 0) is 81.7 Å². The van der Waals surface area contributed by atoms with Crippen molar-refractivity contribution in [3.8, 4) is 17.2 Å². The third-order valence-electron chi connectivity index (χ3n) is 7.39. The average Bonchev–Trinajstić information content (AvgIpc) is 3.12. The highest BCUT2D eigenvalue weighted by atomic mass is 16.5. The fourth-order valence-corrected chi connectivity index (χ4v) is 5.14. The van der Waals surface area contributed by atoms with Crippen LogP contribution in [-0.2, 0) is 11.3 Å². The molecular weight excluding hydrogens is 504 g/mol. The minimum Gasteiger partial charge on any atom is -0.484 e. The van der Waals surface area contributed by atoms with Crippen LogP contribution in [0.3, 0.4) is 0 Å². The van der Waals surface area contributed by atoms with E-state index in [4.69, 9.17) is 9.47 Å². The molecule has 210 valence electrons. The molecule has 2 aliphatic rings. The van der Waals surface area contributed by atoms with Crippen LogP contribution in [0.5, 0.6) is 17.2 Å². The summed E-state index contributed by atoms with van der Waals surface area (Å²) in [5, 5.41) is 9.84. The van der Waals surface area contributed by atoms with Gasteiger partial charge in [-0.2, -0.15) is 0 Å². The Morgan fingerprint density at radius 1 is 1.00 bits per heavy atom. The first-order valence-electron chi connectivity index (χ1n) is 14.1. The summed E-state index contributed by atoms with van der Waals surface area (Å²) in [5.41, 5.74) is 2.15. The lowest BCUT2D eigenvalue weighted by atomic mass is 9.97. The van der Waals surface area contributed by atoms with E-state index in [1.54, 1.807) is 12.1 Å². The van der Waals surface area contributed by atoms with E-state index in [1.165, 1.54) is 0 Å². The van der Waals surface area contributed by atoms with Crippen LogP contribution in [0.2, 0.25) is 0 Å². The van der Waals surface area contributed by atoms with Crippen molar-refractivity contribution in [2.45, 2.75) is 45.4 Å². The number of rotatable bonds is 9. The Kier molecular flexibility index (Phi) is 8.98. The van der Waals surface area contributed by atoms with E-state index < -0.39 is 0 Å². The fraction of sp³-hybridized carbons (Fsp3) is 0.375. The monoisotopic (exact) mass is 542 g/mol. The molecule has 0 saturated carbocycles. The number of nitrogens with one attached hydrogen (secondary N) is 3. The summed E-state index contributed by atoms with van der Waals surface area (Å²) in [6, 6.07) is 23.1. The van der Waals surface area contributed by atoms with Gasteiger partial charge in [-0.25, -0.2) is 0 Å². The van der Waals surface area contributed by atoms with Gasteiger partial charge in [-0.1, -0.05) is 36.4 Å². The van der Waals surface area contributed by atoms with Gasteiger partial charge in [0, 0.05) is 25.0 Å². The molecule has 0 aromatic heterocycles. The fourth-order valence-electron chi connectivity index (χ4n) is 5.14. The number of nitrogens with zero attached hydrogens (tertiary/aromatic N) is 1. The van der Waals surface area contributed by atoms with E-state index in [1.807, 2.05) is 79.4 Å². The Hall–Kier alpha value is -3.88. The molecule has 2 amide bonds. The molecule has 0 unspecified atom stereocenters. The summed E-state index contributed by atoms with van der Waals surface area (Å²) in [4.78, 5) is 28.4. The maximum absolute atomic E-state index is 13.5. The molecule has 1 fully saturated rings. The molecule has 0 bridgehead atoms. The van der Waals surface area contributed by atoms with Crippen molar-refractivity contribution in [1.82, 2.24) is 15.5 Å². The van der Waals surface area contributed by atoms with E-state index in [9.17, 15) is 9.59 Å². The molecule has 0 radical (unpaired) electrons. The Labute approximate surface area is 236 Å². The number of piperidine rings is 1. The first-order valence-corrected chi connectivity index (χ1v) is 14.1. The SMILES string of the molecule is CC(C)N1C[C@@H](CNCc2ccc(Oc3ccccc3)cc2)Oc2c(NC(=O)C3CCNCC3)cccc2C1=O. The number of para-hydroxylation sites is 2. The van der Waals surface area contributed by atoms with E-state index in [-0.39, 0.29) is 29.9 Å². The van der Waals surface area contributed by atoms with Gasteiger partial charge in [-0.15, -0.1) is 0 Å². The number of carbonyl (C=O) groups is 2. The maximum atomic E-state index is 13.5. The summed E-state index contributed by atoms with van der Waals surface area (Å²) in [6.45, 7) is 7.31. The van der Waals surface area contributed by atoms with Crippen LogP contribution in [0, 0.1) is 5.92 Å². The molecule has 3 N–H and O–H groups in total. The molecule has 3 aromatic rings. The second-order valence-corrected chi connectivity index (χ2v) is 10.7. The van der Waals surface area contributed by atoms with Crippen LogP contribution in [0.1, 0.15) is 42.6 Å². The molecule has 3 aromatic carbocycles. The van der Waals surface area contributed by atoms with Gasteiger partial charge in [0.15, 0.2) is 5.75 Å². The van der Waals surface area contributed by atoms with E-state index in [0.29, 0.717) is 36.6 Å². The van der Waals surface area contributed by atoms with Crippen molar-refractivity contribution in [1.29, 1.82) is 0 Å². The molecule has 8 nitrogen and oxygen atoms in total. The van der Waals surface area contributed by atoms with Crippen LogP contribution in [0.25, 0.3) is 0 Å². The Balaban J connectivity index is 1.25. The van der Waals surface area contributed by atoms with Gasteiger partial charge in [0.2, 0.25) is 5.91 Å². The Morgan fingerprint density at radius 3 is 2.45 bits per heavy atom. The number of benzene rings is 3. The van der Waals surface area contributed by atoms with Gasteiger partial charge < -0.3 is 30.3 Å². The van der Waals surface area contributed by atoms with Crippen LogP contribution in [0.15, 0.2) is 72.8 Å². The summed E-state index contributed by atoms with van der Waals surface area (Å²) >= 11 is 0. The van der Waals surface area contributed by atoms with Crippen molar-refractivity contribution in [2.24, 2.45) is 5.92 Å². The zero-order chi connectivity index (χ0) is 27.9. The van der Waals surface area contributed by atoms with Crippen LogP contribution >= 0.6 is 0 Å². The average molecular weight is 543 g/mol. The van der Waals surface area contributed by atoms with Crippen LogP contribution in [0.4, 0.5) is 5.69 Å². The molecule has 2 aliphatic heterocycles. The number of anilines is 1. The minimum atomic E-state index is -0.287. The van der Waals surface area contributed by atoms with Crippen molar-refractivity contribution >= 4 is 17.5 Å². The number of fused-ring (bicyclic) bond motifs is 1. The van der Waals surface area contributed by atoms with Crippen molar-refractivity contribution in [3.63, 3.8) is 0 Å². The highest BCUT2D eigenvalue weighted by Crippen LogP contribution is 2.34. The largest absolute Gasteiger partial charge is 0.484 e. The zero-order valence-corrected chi connectivity index (χ0v) is 23.2. The van der Waals surface area contributed by atoms with E-state index in [0.717, 1.165) is 43.0 Å². The normalized spacial score (nSPS) is 17.6. The van der Waals surface area contributed by atoms with Gasteiger partial charge in [-0.3, -0.25) is 9.59 Å². The molecule has 0 spiro atoms. The molecule has 2 heterocycles. The predicted octanol–water partition coefficient (Wildman–Crippen LogP) is 4.82. The first-order chi connectivity index (χ1) is 19.5. The summed E-state index contributed by atoms with van der Waals surface area (Å²) in [7, 11) is 0. The molecule has 1 saturated heterocycles. The molecule has 8 heteroatoms. The highest BCUT2D eigenvalue weighted by molar-refractivity contribution is 6.02. The lowest BCUT2D eigenvalue weighted by molar-refractivity contribution is -0.120. The van der Waals surface area contributed by atoms with Gasteiger partial charge in [0.25, 0.3) is 5.91 Å². The Morgan fingerprint density at radius 2 is 1.73 bits per heavy atom. The second kappa shape index (κ2) is 13.0. The second-order valence-electron chi connectivity index (χ2n) is 10.7. The van der Waals surface area contributed by atoms with Gasteiger partial charge >= 0.3 is 0 Å². The number of hydrogen-bond acceptors (Lipinski definition) is 6. The maximum Gasteiger partial charge on any atom is 0.258 e. The molecule has 1 atom stereocenters. The Bertz CT molecular complexity index is 1290. The lowest BCUT2D eigenvalue weighted by Crippen LogP contribution is -2.44. The summed E-state index contributed by atoms with van der Waals surface area (Å²) in [5.74, 6) is 1.88. The topological polar surface area (TPSA) is 91.9 Å². The number of ether oxygens (including phenoxy) is 2. The molecule has 0 aliphatic carbocycles. The summed E-state index contributed by atoms with van der Waals surface area (Å²) in [6.07, 6.45) is 1.31. The predicted molar refractivity (Wildman–Crippen MR) is 156 cm³/mol. The van der Waals surface area contributed by atoms with E-state index in [2.05, 4.69) is 16.0 Å². The number of amides is 2. The molecule has 40 heavy (non-hydrogen) atoms. The first kappa shape index (κ1) is 27.7.